The molecule has 92 valence electrons. The van der Waals surface area contributed by atoms with Crippen molar-refractivity contribution in [3.63, 3.8) is 0 Å². The van der Waals surface area contributed by atoms with Gasteiger partial charge in [-0.25, -0.2) is 0 Å². The van der Waals surface area contributed by atoms with E-state index >= 15 is 0 Å². The number of aromatic nitrogens is 2. The smallest absolute Gasteiger partial charge is 0.243 e. The molecule has 0 spiro atoms. The van der Waals surface area contributed by atoms with Gasteiger partial charge in [-0.2, -0.15) is 4.98 Å². The lowest BCUT2D eigenvalue weighted by Crippen LogP contribution is -2.01. The molecule has 0 fully saturated rings. The van der Waals surface area contributed by atoms with E-state index in [1.165, 1.54) is 0 Å². The van der Waals surface area contributed by atoms with Crippen LogP contribution in [0, 0.1) is 0 Å². The zero-order valence-electron chi connectivity index (χ0n) is 9.34. The predicted molar refractivity (Wildman–Crippen MR) is 75.2 cm³/mol. The summed E-state index contributed by atoms with van der Waals surface area (Å²) in [4.78, 5) is 5.32. The van der Waals surface area contributed by atoms with Crippen LogP contribution >= 0.6 is 27.3 Å². The minimum absolute atomic E-state index is 0.387. The van der Waals surface area contributed by atoms with Crippen LogP contribution in [0.4, 0.5) is 0 Å². The van der Waals surface area contributed by atoms with Crippen molar-refractivity contribution in [1.82, 2.24) is 9.38 Å². The van der Waals surface area contributed by atoms with E-state index < -0.39 is 0 Å². The van der Waals surface area contributed by atoms with Crippen molar-refractivity contribution in [2.24, 2.45) is 5.73 Å². The van der Waals surface area contributed by atoms with Gasteiger partial charge in [0.1, 0.15) is 11.4 Å². The maximum atomic E-state index is 5.82. The molecule has 0 aliphatic rings. The number of benzene rings is 1. The van der Waals surface area contributed by atoms with Gasteiger partial charge in [0.2, 0.25) is 5.88 Å². The Labute approximate surface area is 116 Å². The van der Waals surface area contributed by atoms with E-state index in [4.69, 9.17) is 10.5 Å². The maximum Gasteiger partial charge on any atom is 0.243 e. The van der Waals surface area contributed by atoms with Gasteiger partial charge in [-0.1, -0.05) is 12.1 Å². The molecule has 0 aliphatic heterocycles. The Kier molecular flexibility index (Phi) is 3.07. The van der Waals surface area contributed by atoms with Crippen LogP contribution in [0.3, 0.4) is 0 Å². The number of hydrogen-bond donors (Lipinski definition) is 1. The van der Waals surface area contributed by atoms with Crippen LogP contribution in [0.25, 0.3) is 4.96 Å². The molecule has 3 aromatic rings. The van der Waals surface area contributed by atoms with Crippen molar-refractivity contribution < 1.29 is 4.74 Å². The Bertz CT molecular complexity index is 692. The van der Waals surface area contributed by atoms with Gasteiger partial charge in [0, 0.05) is 18.1 Å². The lowest BCUT2D eigenvalue weighted by atomic mass is 10.3. The number of para-hydroxylation sites is 1. The number of halogens is 1. The van der Waals surface area contributed by atoms with E-state index in [0.29, 0.717) is 12.4 Å². The van der Waals surface area contributed by atoms with Crippen LogP contribution in [-0.4, -0.2) is 9.38 Å². The molecule has 0 bridgehead atoms. The van der Waals surface area contributed by atoms with Crippen molar-refractivity contribution in [3.05, 3.63) is 46.0 Å². The first kappa shape index (κ1) is 11.7. The number of nitrogens with zero attached hydrogens (tertiary/aromatic N) is 2. The molecule has 6 heteroatoms. The molecule has 4 nitrogen and oxygen atoms in total. The molecular weight excluding hydrogens is 314 g/mol. The van der Waals surface area contributed by atoms with Gasteiger partial charge < -0.3 is 10.5 Å². The summed E-state index contributed by atoms with van der Waals surface area (Å²) in [5.41, 5.74) is 6.64. The van der Waals surface area contributed by atoms with Gasteiger partial charge in [0.05, 0.1) is 4.47 Å². The SMILES string of the molecule is NCc1c(Oc2ccccc2Br)nc2sccn12. The highest BCUT2D eigenvalue weighted by Crippen LogP contribution is 2.31. The van der Waals surface area contributed by atoms with Gasteiger partial charge in [-0.05, 0) is 28.1 Å². The zero-order valence-corrected chi connectivity index (χ0v) is 11.7. The summed E-state index contributed by atoms with van der Waals surface area (Å²) < 4.78 is 8.67. The summed E-state index contributed by atoms with van der Waals surface area (Å²) >= 11 is 5.00. The second-order valence-corrected chi connectivity index (χ2v) is 5.38. The molecular formula is C12H10BrN3OS. The van der Waals surface area contributed by atoms with Gasteiger partial charge >= 0.3 is 0 Å². The Balaban J connectivity index is 2.04. The largest absolute Gasteiger partial charge is 0.436 e. The van der Waals surface area contributed by atoms with Gasteiger partial charge in [-0.3, -0.25) is 4.40 Å². The average Bonchev–Trinajstić information content (AvgIpc) is 2.92. The summed E-state index contributed by atoms with van der Waals surface area (Å²) in [7, 11) is 0. The fraction of sp³-hybridized carbons (Fsp3) is 0.0833. The standard InChI is InChI=1S/C12H10BrN3OS/c13-8-3-1-2-4-10(8)17-11-9(7-14)16-5-6-18-12(16)15-11/h1-6H,7,14H2. The molecule has 0 saturated carbocycles. The van der Waals surface area contributed by atoms with E-state index in [1.807, 2.05) is 40.2 Å². The minimum atomic E-state index is 0.387. The predicted octanol–water partition coefficient (Wildman–Crippen LogP) is 3.41. The number of fused-ring (bicyclic) bond motifs is 1. The monoisotopic (exact) mass is 323 g/mol. The Morgan fingerprint density at radius 2 is 2.22 bits per heavy atom. The van der Waals surface area contributed by atoms with Crippen molar-refractivity contribution >= 4 is 32.2 Å². The number of hydrogen-bond acceptors (Lipinski definition) is 4. The molecule has 0 amide bonds. The summed E-state index contributed by atoms with van der Waals surface area (Å²) in [5, 5.41) is 1.98. The second-order valence-electron chi connectivity index (χ2n) is 3.66. The molecule has 2 aromatic heterocycles. The van der Waals surface area contributed by atoms with Crippen LogP contribution in [0.2, 0.25) is 0 Å². The molecule has 3 rings (SSSR count). The highest BCUT2D eigenvalue weighted by atomic mass is 79.9. The van der Waals surface area contributed by atoms with Crippen molar-refractivity contribution in [1.29, 1.82) is 0 Å². The Morgan fingerprint density at radius 3 is 3.00 bits per heavy atom. The van der Waals surface area contributed by atoms with E-state index in [9.17, 15) is 0 Å². The molecule has 2 heterocycles. The van der Waals surface area contributed by atoms with Crippen LogP contribution in [0.5, 0.6) is 11.6 Å². The van der Waals surface area contributed by atoms with Gasteiger partial charge in [-0.15, -0.1) is 11.3 Å². The molecule has 0 saturated heterocycles. The van der Waals surface area contributed by atoms with Crippen LogP contribution in [0.15, 0.2) is 40.3 Å². The third kappa shape index (κ3) is 1.92. The van der Waals surface area contributed by atoms with E-state index in [2.05, 4.69) is 20.9 Å². The first-order valence-electron chi connectivity index (χ1n) is 5.36. The number of thiazole rings is 1. The lowest BCUT2D eigenvalue weighted by Gasteiger charge is -2.06. The number of nitrogens with two attached hydrogens (primary N) is 1. The van der Waals surface area contributed by atoms with Crippen molar-refractivity contribution in [3.8, 4) is 11.6 Å². The van der Waals surface area contributed by atoms with Crippen LogP contribution in [0.1, 0.15) is 5.69 Å². The summed E-state index contributed by atoms with van der Waals surface area (Å²) in [6.45, 7) is 0.387. The van der Waals surface area contributed by atoms with Gasteiger partial charge in [0.25, 0.3) is 0 Å². The van der Waals surface area contributed by atoms with Gasteiger partial charge in [0.15, 0.2) is 4.96 Å². The number of ether oxygens (including phenoxy) is 1. The first-order valence-corrected chi connectivity index (χ1v) is 7.03. The molecule has 2 N–H and O–H groups in total. The van der Waals surface area contributed by atoms with E-state index in [-0.39, 0.29) is 0 Å². The fourth-order valence-corrected chi connectivity index (χ4v) is 2.80. The topological polar surface area (TPSA) is 52.5 Å². The van der Waals surface area contributed by atoms with Crippen molar-refractivity contribution in [2.45, 2.75) is 6.54 Å². The molecule has 0 radical (unpaired) electrons. The quantitative estimate of drug-likeness (QED) is 0.803. The highest BCUT2D eigenvalue weighted by Gasteiger charge is 2.14. The summed E-state index contributed by atoms with van der Waals surface area (Å²) in [6.07, 6.45) is 1.95. The Hall–Kier alpha value is -1.37. The summed E-state index contributed by atoms with van der Waals surface area (Å²) in [5.74, 6) is 1.30. The number of rotatable bonds is 3. The Morgan fingerprint density at radius 1 is 1.39 bits per heavy atom. The number of imidazole rings is 1. The van der Waals surface area contributed by atoms with Crippen LogP contribution < -0.4 is 10.5 Å². The fourth-order valence-electron chi connectivity index (χ4n) is 1.71. The molecule has 0 unspecified atom stereocenters. The van der Waals surface area contributed by atoms with Crippen molar-refractivity contribution in [2.75, 3.05) is 0 Å². The summed E-state index contributed by atoms with van der Waals surface area (Å²) in [6, 6.07) is 7.67. The van der Waals surface area contributed by atoms with E-state index in [0.717, 1.165) is 20.9 Å². The van der Waals surface area contributed by atoms with Crippen LogP contribution in [-0.2, 0) is 6.54 Å². The normalized spacial score (nSPS) is 11.0. The molecule has 1 aromatic carbocycles. The molecule has 0 atom stereocenters. The minimum Gasteiger partial charge on any atom is -0.436 e. The molecule has 18 heavy (non-hydrogen) atoms. The third-order valence-electron chi connectivity index (χ3n) is 2.56. The molecule has 0 aliphatic carbocycles. The first-order chi connectivity index (χ1) is 8.79. The third-order valence-corrected chi connectivity index (χ3v) is 3.97. The lowest BCUT2D eigenvalue weighted by molar-refractivity contribution is 0.456. The second kappa shape index (κ2) is 4.72. The zero-order chi connectivity index (χ0) is 12.5. The maximum absolute atomic E-state index is 5.82. The van der Waals surface area contributed by atoms with E-state index in [1.54, 1.807) is 11.3 Å². The average molecular weight is 324 g/mol. The highest BCUT2D eigenvalue weighted by molar-refractivity contribution is 9.10.